The van der Waals surface area contributed by atoms with Crippen LogP contribution >= 0.6 is 0 Å². The molecule has 0 aliphatic carbocycles. The number of piperidine rings is 1. The number of halogens is 3. The lowest BCUT2D eigenvalue weighted by atomic mass is 10.1. The second-order valence-corrected chi connectivity index (χ2v) is 8.40. The number of benzene rings is 2. The monoisotopic (exact) mass is 460 g/mol. The van der Waals surface area contributed by atoms with Gasteiger partial charge in [0.2, 0.25) is 0 Å². The maximum atomic E-state index is 13.2. The summed E-state index contributed by atoms with van der Waals surface area (Å²) < 4.78 is 39.7. The van der Waals surface area contributed by atoms with Crippen LogP contribution in [-0.2, 0) is 6.18 Å². The van der Waals surface area contributed by atoms with E-state index in [0.29, 0.717) is 24.3 Å². The maximum absolute atomic E-state index is 13.2. The van der Waals surface area contributed by atoms with Crippen LogP contribution in [0.15, 0.2) is 42.5 Å². The van der Waals surface area contributed by atoms with E-state index in [1.54, 1.807) is 12.1 Å². The Morgan fingerprint density at radius 3 is 2.18 bits per heavy atom. The first-order chi connectivity index (χ1) is 15.8. The Hall–Kier alpha value is -3.23. The zero-order valence-electron chi connectivity index (χ0n) is 18.3. The van der Waals surface area contributed by atoms with Gasteiger partial charge in [-0.05, 0) is 62.4 Å². The quantitative estimate of drug-likeness (QED) is 0.627. The molecule has 2 heterocycles. The van der Waals surface area contributed by atoms with Gasteiger partial charge in [-0.2, -0.15) is 13.2 Å². The van der Waals surface area contributed by atoms with Gasteiger partial charge in [-0.1, -0.05) is 12.1 Å². The van der Waals surface area contributed by atoms with E-state index < -0.39 is 17.8 Å². The van der Waals surface area contributed by atoms with E-state index in [2.05, 4.69) is 15.5 Å². The van der Waals surface area contributed by atoms with Gasteiger partial charge in [-0.25, -0.2) is 4.79 Å². The van der Waals surface area contributed by atoms with Crippen LogP contribution in [-0.4, -0.2) is 43.0 Å². The molecule has 2 aliphatic heterocycles. The minimum Gasteiger partial charge on any atom is -0.371 e. The Labute approximate surface area is 190 Å². The van der Waals surface area contributed by atoms with E-state index in [4.69, 9.17) is 0 Å². The van der Waals surface area contributed by atoms with Gasteiger partial charge < -0.3 is 20.4 Å². The third-order valence-electron chi connectivity index (χ3n) is 6.06. The number of para-hydroxylation sites is 1. The Bertz CT molecular complexity index is 1010. The van der Waals surface area contributed by atoms with Crippen LogP contribution in [0.1, 0.15) is 48.0 Å². The standard InChI is InChI=1S/C24H27F3N4O2/c25-24(26,27)19-8-2-3-9-20(19)29-23(33)28-17-10-11-21(30-12-4-1-5-13-30)18(16-17)22(32)31-14-6-7-15-31/h2-3,8-11,16H,1,4-7,12-15H2,(H2,28,29,33). The predicted molar refractivity (Wildman–Crippen MR) is 122 cm³/mol. The molecule has 0 radical (unpaired) electrons. The number of anilines is 3. The lowest BCUT2D eigenvalue weighted by Gasteiger charge is -2.31. The molecule has 0 bridgehead atoms. The SMILES string of the molecule is O=C(Nc1ccc(N2CCCCC2)c(C(=O)N2CCCC2)c1)Nc1ccccc1C(F)(F)F. The Kier molecular flexibility index (Phi) is 6.76. The zero-order valence-corrected chi connectivity index (χ0v) is 18.3. The third-order valence-corrected chi connectivity index (χ3v) is 6.06. The van der Waals surface area contributed by atoms with Gasteiger partial charge in [0, 0.05) is 37.6 Å². The van der Waals surface area contributed by atoms with Crippen molar-refractivity contribution in [3.8, 4) is 0 Å². The first kappa shape index (κ1) is 22.9. The second kappa shape index (κ2) is 9.72. The summed E-state index contributed by atoms with van der Waals surface area (Å²) in [6.45, 7) is 3.12. The van der Waals surface area contributed by atoms with Gasteiger partial charge >= 0.3 is 12.2 Å². The van der Waals surface area contributed by atoms with Gasteiger partial charge in [-0.3, -0.25) is 4.79 Å². The molecule has 2 fully saturated rings. The Morgan fingerprint density at radius 2 is 1.48 bits per heavy atom. The lowest BCUT2D eigenvalue weighted by molar-refractivity contribution is -0.136. The van der Waals surface area contributed by atoms with Crippen LogP contribution in [0, 0.1) is 0 Å². The summed E-state index contributed by atoms with van der Waals surface area (Å²) in [7, 11) is 0. The van der Waals surface area contributed by atoms with Crippen molar-refractivity contribution in [2.45, 2.75) is 38.3 Å². The van der Waals surface area contributed by atoms with Crippen molar-refractivity contribution in [3.63, 3.8) is 0 Å². The fraction of sp³-hybridized carbons (Fsp3) is 0.417. The van der Waals surface area contributed by atoms with Crippen LogP contribution in [0.2, 0.25) is 0 Å². The van der Waals surface area contributed by atoms with Gasteiger partial charge in [-0.15, -0.1) is 0 Å². The molecular formula is C24H27F3N4O2. The number of hydrogen-bond acceptors (Lipinski definition) is 3. The molecule has 2 aromatic rings. The average Bonchev–Trinajstić information content (AvgIpc) is 3.34. The fourth-order valence-corrected chi connectivity index (χ4v) is 4.41. The summed E-state index contributed by atoms with van der Waals surface area (Å²) in [4.78, 5) is 29.7. The zero-order chi connectivity index (χ0) is 23.4. The molecule has 6 nitrogen and oxygen atoms in total. The summed E-state index contributed by atoms with van der Waals surface area (Å²) in [5, 5.41) is 4.85. The smallest absolute Gasteiger partial charge is 0.371 e. The van der Waals surface area contributed by atoms with Crippen LogP contribution in [0.3, 0.4) is 0 Å². The molecule has 0 saturated carbocycles. The second-order valence-electron chi connectivity index (χ2n) is 8.40. The number of urea groups is 1. The summed E-state index contributed by atoms with van der Waals surface area (Å²) in [6.07, 6.45) is 0.602. The molecule has 9 heteroatoms. The van der Waals surface area contributed by atoms with Crippen molar-refractivity contribution in [2.24, 2.45) is 0 Å². The van der Waals surface area contributed by atoms with Crippen molar-refractivity contribution in [1.82, 2.24) is 4.90 Å². The summed E-state index contributed by atoms with van der Waals surface area (Å²) >= 11 is 0. The molecule has 4 rings (SSSR count). The first-order valence-electron chi connectivity index (χ1n) is 11.3. The van der Waals surface area contributed by atoms with Gasteiger partial charge in [0.15, 0.2) is 0 Å². The van der Waals surface area contributed by atoms with Crippen molar-refractivity contribution < 1.29 is 22.8 Å². The van der Waals surface area contributed by atoms with Gasteiger partial charge in [0.25, 0.3) is 5.91 Å². The number of nitrogens with zero attached hydrogens (tertiary/aromatic N) is 2. The summed E-state index contributed by atoms with van der Waals surface area (Å²) in [6, 6.07) is 9.11. The maximum Gasteiger partial charge on any atom is 0.418 e. The molecule has 2 N–H and O–H groups in total. The number of amides is 3. The number of carbonyl (C=O) groups excluding carboxylic acids is 2. The molecule has 0 unspecified atom stereocenters. The topological polar surface area (TPSA) is 64.7 Å². The minimum absolute atomic E-state index is 0.0838. The number of carbonyl (C=O) groups is 2. The van der Waals surface area contributed by atoms with Crippen LogP contribution < -0.4 is 15.5 Å². The number of rotatable bonds is 4. The predicted octanol–water partition coefficient (Wildman–Crippen LogP) is 5.58. The highest BCUT2D eigenvalue weighted by Gasteiger charge is 2.33. The van der Waals surface area contributed by atoms with E-state index in [-0.39, 0.29) is 11.6 Å². The highest BCUT2D eigenvalue weighted by Crippen LogP contribution is 2.35. The van der Waals surface area contributed by atoms with E-state index in [0.717, 1.165) is 56.9 Å². The molecular weight excluding hydrogens is 433 g/mol. The van der Waals surface area contributed by atoms with Crippen LogP contribution in [0.25, 0.3) is 0 Å². The van der Waals surface area contributed by atoms with Crippen molar-refractivity contribution in [3.05, 3.63) is 53.6 Å². The average molecular weight is 461 g/mol. The molecule has 0 aromatic heterocycles. The highest BCUT2D eigenvalue weighted by molar-refractivity contribution is 6.04. The molecule has 2 saturated heterocycles. The van der Waals surface area contributed by atoms with Crippen molar-refractivity contribution in [1.29, 1.82) is 0 Å². The number of nitrogens with one attached hydrogen (secondary N) is 2. The number of hydrogen-bond donors (Lipinski definition) is 2. The lowest BCUT2D eigenvalue weighted by Crippen LogP contribution is -2.34. The molecule has 2 aliphatic rings. The molecule has 176 valence electrons. The molecule has 0 spiro atoms. The van der Waals surface area contributed by atoms with Crippen LogP contribution in [0.5, 0.6) is 0 Å². The van der Waals surface area contributed by atoms with E-state index in [1.165, 1.54) is 18.2 Å². The number of likely N-dealkylation sites (tertiary alicyclic amines) is 1. The molecule has 3 amide bonds. The first-order valence-corrected chi connectivity index (χ1v) is 11.3. The largest absolute Gasteiger partial charge is 0.418 e. The molecule has 0 atom stereocenters. The van der Waals surface area contributed by atoms with Gasteiger partial charge in [0.1, 0.15) is 0 Å². The summed E-state index contributed by atoms with van der Waals surface area (Å²) in [5.74, 6) is -0.0838. The van der Waals surface area contributed by atoms with Crippen molar-refractivity contribution in [2.75, 3.05) is 41.7 Å². The third kappa shape index (κ3) is 5.40. The van der Waals surface area contributed by atoms with E-state index >= 15 is 0 Å². The minimum atomic E-state index is -4.59. The van der Waals surface area contributed by atoms with E-state index in [9.17, 15) is 22.8 Å². The highest BCUT2D eigenvalue weighted by atomic mass is 19.4. The molecule has 33 heavy (non-hydrogen) atoms. The number of alkyl halides is 3. The van der Waals surface area contributed by atoms with Gasteiger partial charge in [0.05, 0.1) is 16.8 Å². The van der Waals surface area contributed by atoms with Crippen LogP contribution in [0.4, 0.5) is 35.0 Å². The Balaban J connectivity index is 1.56. The summed E-state index contributed by atoms with van der Waals surface area (Å²) in [5.41, 5.74) is 0.430. The Morgan fingerprint density at radius 1 is 0.818 bits per heavy atom. The fourth-order valence-electron chi connectivity index (χ4n) is 4.41. The molecule has 2 aromatic carbocycles. The normalized spacial score (nSPS) is 16.6. The van der Waals surface area contributed by atoms with E-state index in [1.807, 2.05) is 11.0 Å². The van der Waals surface area contributed by atoms with Crippen molar-refractivity contribution >= 4 is 29.0 Å².